The van der Waals surface area contributed by atoms with E-state index >= 15 is 4.39 Å². The molecule has 0 saturated carbocycles. The topological polar surface area (TPSA) is 156 Å². The number of carbonyl (C=O) groups excluding carboxylic acids is 4. The molecule has 1 aromatic heterocycles. The van der Waals surface area contributed by atoms with Crippen LogP contribution in [0.5, 0.6) is 0 Å². The summed E-state index contributed by atoms with van der Waals surface area (Å²) in [4.78, 5) is 57.5. The zero-order chi connectivity index (χ0) is 26.2. The highest BCUT2D eigenvalue weighted by Crippen LogP contribution is 2.49. The van der Waals surface area contributed by atoms with E-state index in [-0.39, 0.29) is 53.8 Å². The van der Waals surface area contributed by atoms with E-state index in [1.165, 1.54) is 7.05 Å². The molecule has 5 heterocycles. The molecule has 0 unspecified atom stereocenters. The van der Waals surface area contributed by atoms with Crippen LogP contribution in [0.4, 0.5) is 25.5 Å². The monoisotopic (exact) mass is 512 g/mol. The van der Waals surface area contributed by atoms with Crippen LogP contribution < -0.4 is 20.4 Å². The fraction of sp³-hybridized carbons (Fsp3) is 0.435. The summed E-state index contributed by atoms with van der Waals surface area (Å²) in [5, 5.41) is 8.45. The average Bonchev–Trinajstić information content (AvgIpc) is 3.40. The van der Waals surface area contributed by atoms with E-state index in [0.717, 1.165) is 4.90 Å². The summed E-state index contributed by atoms with van der Waals surface area (Å²) in [7, 11) is 1.47. The van der Waals surface area contributed by atoms with Crippen LogP contribution in [0.15, 0.2) is 21.3 Å². The van der Waals surface area contributed by atoms with Gasteiger partial charge in [-0.05, 0) is 25.5 Å². The third kappa shape index (κ3) is 3.12. The fourth-order valence-corrected chi connectivity index (χ4v) is 5.88. The number of amides is 5. The van der Waals surface area contributed by atoms with Crippen molar-refractivity contribution in [1.82, 2.24) is 15.8 Å². The van der Waals surface area contributed by atoms with Crippen molar-refractivity contribution in [3.05, 3.63) is 23.2 Å². The number of halogens is 1. The van der Waals surface area contributed by atoms with Crippen LogP contribution in [0.2, 0.25) is 0 Å². The Kier molecular flexibility index (Phi) is 4.91. The second-order valence-corrected chi connectivity index (χ2v) is 9.43. The molecule has 3 atom stereocenters. The number of rotatable bonds is 1. The van der Waals surface area contributed by atoms with Gasteiger partial charge in [0.2, 0.25) is 17.4 Å². The number of barbiturate groups is 1. The number of hydrogen-bond donors (Lipinski definition) is 2. The third-order valence-electron chi connectivity index (χ3n) is 7.17. The lowest BCUT2D eigenvalue weighted by molar-refractivity contribution is -0.153. The summed E-state index contributed by atoms with van der Waals surface area (Å²) >= 11 is 0. The maximum absolute atomic E-state index is 16.1. The summed E-state index contributed by atoms with van der Waals surface area (Å²) in [6, 6.07) is -0.290. The Hall–Kier alpha value is -4.29. The van der Waals surface area contributed by atoms with Gasteiger partial charge in [0, 0.05) is 25.9 Å². The van der Waals surface area contributed by atoms with E-state index in [0.29, 0.717) is 5.56 Å². The van der Waals surface area contributed by atoms with Crippen molar-refractivity contribution in [3.8, 4) is 0 Å². The number of imide groups is 2. The van der Waals surface area contributed by atoms with Crippen LogP contribution in [-0.2, 0) is 25.5 Å². The van der Waals surface area contributed by atoms with E-state index in [9.17, 15) is 19.2 Å². The smallest absolute Gasteiger partial charge is 0.402 e. The van der Waals surface area contributed by atoms with Gasteiger partial charge in [-0.15, -0.1) is 0 Å². The summed E-state index contributed by atoms with van der Waals surface area (Å²) in [6.45, 7) is 3.62. The lowest BCUT2D eigenvalue weighted by atomic mass is 9.66. The molecule has 13 nitrogen and oxygen atoms in total. The van der Waals surface area contributed by atoms with Gasteiger partial charge in [0.05, 0.1) is 35.9 Å². The Bertz CT molecular complexity index is 1460. The number of benzene rings is 1. The van der Waals surface area contributed by atoms with E-state index < -0.39 is 47.3 Å². The Morgan fingerprint density at radius 1 is 1.22 bits per heavy atom. The molecule has 1 spiro atoms. The van der Waals surface area contributed by atoms with Crippen molar-refractivity contribution >= 4 is 52.3 Å². The molecule has 3 fully saturated rings. The first-order valence-corrected chi connectivity index (χ1v) is 11.6. The highest BCUT2D eigenvalue weighted by Gasteiger charge is 2.63. The molecule has 4 aliphatic heterocycles. The van der Waals surface area contributed by atoms with Gasteiger partial charge in [-0.2, -0.15) is 0 Å². The molecule has 4 aliphatic rings. The molecule has 1 aromatic carbocycles. The molecule has 0 aliphatic carbocycles. The predicted molar refractivity (Wildman–Crippen MR) is 124 cm³/mol. The Labute approximate surface area is 208 Å². The van der Waals surface area contributed by atoms with Gasteiger partial charge in [-0.3, -0.25) is 20.2 Å². The van der Waals surface area contributed by atoms with Crippen molar-refractivity contribution in [2.75, 3.05) is 29.9 Å². The summed E-state index contributed by atoms with van der Waals surface area (Å²) in [5.41, 5.74) is -1.52. The Morgan fingerprint density at radius 2 is 1.95 bits per heavy atom. The second-order valence-electron chi connectivity index (χ2n) is 9.43. The number of cyclic esters (lactones) is 1. The summed E-state index contributed by atoms with van der Waals surface area (Å²) < 4.78 is 32.5. The number of ether oxygens (including phenoxy) is 2. The molecule has 3 saturated heterocycles. The molecule has 5 amide bonds. The van der Waals surface area contributed by atoms with Gasteiger partial charge in [-0.25, -0.2) is 23.9 Å². The number of nitrogens with one attached hydrogen (secondary N) is 2. The van der Waals surface area contributed by atoms with Crippen LogP contribution in [0, 0.1) is 11.2 Å². The van der Waals surface area contributed by atoms with Crippen molar-refractivity contribution in [1.29, 1.82) is 0 Å². The highest BCUT2D eigenvalue weighted by atomic mass is 19.1. The molecule has 2 N–H and O–H groups in total. The number of hydrogen-bond acceptors (Lipinski definition) is 10. The summed E-state index contributed by atoms with van der Waals surface area (Å²) in [6.07, 6.45) is -2.01. The van der Waals surface area contributed by atoms with Crippen molar-refractivity contribution in [2.24, 2.45) is 10.4 Å². The largest absolute Gasteiger partial charge is 0.421 e. The van der Waals surface area contributed by atoms with Crippen LogP contribution in [0.1, 0.15) is 19.4 Å². The van der Waals surface area contributed by atoms with Gasteiger partial charge in [0.1, 0.15) is 0 Å². The second kappa shape index (κ2) is 7.85. The molecule has 0 bridgehead atoms. The first kappa shape index (κ1) is 23.1. The fourth-order valence-electron chi connectivity index (χ4n) is 5.88. The number of fused-ring (bicyclic) bond motifs is 5. The molecule has 2 aromatic rings. The molecule has 14 heteroatoms. The first-order valence-electron chi connectivity index (χ1n) is 11.6. The van der Waals surface area contributed by atoms with Crippen molar-refractivity contribution in [2.45, 2.75) is 38.5 Å². The minimum atomic E-state index is -1.78. The highest BCUT2D eigenvalue weighted by molar-refractivity contribution is 6.20. The molecule has 6 rings (SSSR count). The average molecular weight is 512 g/mol. The van der Waals surface area contributed by atoms with Gasteiger partial charge >= 0.3 is 12.1 Å². The molecule has 192 valence electrons. The normalized spacial score (nSPS) is 26.5. The zero-order valence-electron chi connectivity index (χ0n) is 20.0. The first-order chi connectivity index (χ1) is 17.6. The zero-order valence-corrected chi connectivity index (χ0v) is 20.0. The van der Waals surface area contributed by atoms with Gasteiger partial charge < -0.3 is 18.9 Å². The number of nitrogens with zero attached hydrogens (tertiary/aromatic N) is 4. The van der Waals surface area contributed by atoms with E-state index in [2.05, 4.69) is 26.7 Å². The third-order valence-corrected chi connectivity index (χ3v) is 7.17. The molecular formula is C23H21FN6O7. The molecular weight excluding hydrogens is 491 g/mol. The van der Waals surface area contributed by atoms with Gasteiger partial charge in [0.25, 0.3) is 0 Å². The standard InChI is InChI=1S/C23H21FN6O7/c1-9-7-29-15-11(5-23(17(29)10(2)35-9)19(31)26-21(33)27-20(23)32)4-13-16(14(15)24)37-28-18(13)30-8-12(6-25-3)36-22(30)34/h4,9-10,17H,5,7-8H2,1-3H3,(H2,26,27,31,32,33)/t9-,10+,17-/m1/s1. The van der Waals surface area contributed by atoms with E-state index in [1.54, 1.807) is 24.8 Å². The van der Waals surface area contributed by atoms with Crippen LogP contribution in [0.3, 0.4) is 0 Å². The predicted octanol–water partition coefficient (Wildman–Crippen LogP) is 0.998. The number of aromatic nitrogens is 1. The van der Waals surface area contributed by atoms with Crippen LogP contribution in [-0.4, -0.2) is 73.4 Å². The SMILES string of the molecule is CN=C=C1CN(c2noc3c(F)c4c(cc23)CC2(C(=O)NC(=O)NC2=O)[C@H]2[C@H](C)O[C@H](C)CN42)C(=O)O1. The van der Waals surface area contributed by atoms with E-state index in [1.807, 2.05) is 0 Å². The Morgan fingerprint density at radius 3 is 2.65 bits per heavy atom. The van der Waals surface area contributed by atoms with Crippen molar-refractivity contribution in [3.63, 3.8) is 0 Å². The lowest BCUT2D eigenvalue weighted by Crippen LogP contribution is -2.75. The van der Waals surface area contributed by atoms with Crippen molar-refractivity contribution < 1.29 is 37.6 Å². The number of anilines is 2. The number of aliphatic imine (C=N–C) groups is 1. The van der Waals surface area contributed by atoms with E-state index in [4.69, 9.17) is 14.0 Å². The number of morpholine rings is 1. The van der Waals surface area contributed by atoms with Gasteiger partial charge in [0.15, 0.2) is 22.8 Å². The number of urea groups is 1. The maximum Gasteiger partial charge on any atom is 0.421 e. The maximum atomic E-state index is 16.1. The quantitative estimate of drug-likeness (QED) is 0.420. The lowest BCUT2D eigenvalue weighted by Gasteiger charge is -2.55. The minimum absolute atomic E-state index is 0.00205. The van der Waals surface area contributed by atoms with Crippen LogP contribution >= 0.6 is 0 Å². The Balaban J connectivity index is 1.55. The van der Waals surface area contributed by atoms with Crippen LogP contribution in [0.25, 0.3) is 11.0 Å². The minimum Gasteiger partial charge on any atom is -0.402 e. The molecule has 0 radical (unpaired) electrons. The summed E-state index contributed by atoms with van der Waals surface area (Å²) in [5.74, 6) is 0.368. The number of carbonyl (C=O) groups is 4. The van der Waals surface area contributed by atoms with Gasteiger partial charge in [-0.1, -0.05) is 5.16 Å². The molecule has 37 heavy (non-hydrogen) atoms.